The van der Waals surface area contributed by atoms with Crippen LogP contribution < -0.4 is 9.47 Å². The SMILES string of the molecule is CN(Cc1ccc2c(c1)OCCO2)C(=O)CN1CCN(Cc2ccccc2)CC1. The fourth-order valence-corrected chi connectivity index (χ4v) is 3.81. The van der Waals surface area contributed by atoms with Gasteiger partial charge >= 0.3 is 0 Å². The maximum atomic E-state index is 12.7. The number of nitrogens with zero attached hydrogens (tertiary/aromatic N) is 3. The van der Waals surface area contributed by atoms with Crippen molar-refractivity contribution in [3.8, 4) is 11.5 Å². The number of rotatable bonds is 6. The molecule has 4 rings (SSSR count). The molecule has 0 bridgehead atoms. The molecule has 2 aromatic rings. The summed E-state index contributed by atoms with van der Waals surface area (Å²) in [6.45, 7) is 7.02. The molecule has 2 aromatic carbocycles. The van der Waals surface area contributed by atoms with Gasteiger partial charge in [0.05, 0.1) is 6.54 Å². The quantitative estimate of drug-likeness (QED) is 0.751. The van der Waals surface area contributed by atoms with Gasteiger partial charge in [-0.05, 0) is 23.3 Å². The Kier molecular flexibility index (Phi) is 6.32. The highest BCUT2D eigenvalue weighted by molar-refractivity contribution is 5.78. The van der Waals surface area contributed by atoms with Gasteiger partial charge in [0, 0.05) is 46.3 Å². The van der Waals surface area contributed by atoms with E-state index in [1.807, 2.05) is 25.2 Å². The monoisotopic (exact) mass is 395 g/mol. The average Bonchev–Trinajstić information content (AvgIpc) is 2.76. The van der Waals surface area contributed by atoms with Crippen molar-refractivity contribution < 1.29 is 14.3 Å². The summed E-state index contributed by atoms with van der Waals surface area (Å²) in [6, 6.07) is 16.5. The Balaban J connectivity index is 1.23. The van der Waals surface area contributed by atoms with E-state index in [0.29, 0.717) is 26.3 Å². The molecular formula is C23H29N3O3. The molecule has 0 N–H and O–H groups in total. The third kappa shape index (κ3) is 5.28. The van der Waals surface area contributed by atoms with Gasteiger partial charge in [-0.15, -0.1) is 0 Å². The highest BCUT2D eigenvalue weighted by Gasteiger charge is 2.21. The number of ether oxygens (including phenoxy) is 2. The van der Waals surface area contributed by atoms with Crippen LogP contribution in [0.3, 0.4) is 0 Å². The molecule has 2 aliphatic heterocycles. The molecule has 0 unspecified atom stereocenters. The highest BCUT2D eigenvalue weighted by atomic mass is 16.6. The third-order valence-electron chi connectivity index (χ3n) is 5.52. The molecule has 0 radical (unpaired) electrons. The van der Waals surface area contributed by atoms with Gasteiger partial charge in [0.2, 0.25) is 5.91 Å². The van der Waals surface area contributed by atoms with Gasteiger partial charge in [0.15, 0.2) is 11.5 Å². The van der Waals surface area contributed by atoms with Crippen molar-refractivity contribution in [1.29, 1.82) is 0 Å². The number of hydrogen-bond acceptors (Lipinski definition) is 5. The van der Waals surface area contributed by atoms with Crippen LogP contribution in [0.4, 0.5) is 0 Å². The van der Waals surface area contributed by atoms with Crippen LogP contribution >= 0.6 is 0 Å². The molecule has 6 nitrogen and oxygen atoms in total. The first-order valence-corrected chi connectivity index (χ1v) is 10.3. The second-order valence-electron chi connectivity index (χ2n) is 7.77. The van der Waals surface area contributed by atoms with Crippen LogP contribution in [0.5, 0.6) is 11.5 Å². The number of fused-ring (bicyclic) bond motifs is 1. The van der Waals surface area contributed by atoms with E-state index in [0.717, 1.165) is 49.8 Å². The predicted molar refractivity (Wildman–Crippen MR) is 112 cm³/mol. The summed E-state index contributed by atoms with van der Waals surface area (Å²) in [7, 11) is 1.87. The second kappa shape index (κ2) is 9.29. The fourth-order valence-electron chi connectivity index (χ4n) is 3.81. The molecule has 6 heteroatoms. The lowest BCUT2D eigenvalue weighted by atomic mass is 10.2. The molecular weight excluding hydrogens is 366 g/mol. The number of carbonyl (C=O) groups is 1. The Morgan fingerprint density at radius 3 is 2.34 bits per heavy atom. The number of hydrogen-bond donors (Lipinski definition) is 0. The Bertz CT molecular complexity index is 819. The molecule has 2 heterocycles. The van der Waals surface area contributed by atoms with Gasteiger partial charge in [0.1, 0.15) is 13.2 Å². The molecule has 0 atom stereocenters. The van der Waals surface area contributed by atoms with Crippen molar-refractivity contribution in [3.05, 3.63) is 59.7 Å². The number of piperazine rings is 1. The molecule has 0 aromatic heterocycles. The van der Waals surface area contributed by atoms with Crippen molar-refractivity contribution in [3.63, 3.8) is 0 Å². The van der Waals surface area contributed by atoms with Gasteiger partial charge in [0.25, 0.3) is 0 Å². The number of amides is 1. The zero-order chi connectivity index (χ0) is 20.1. The van der Waals surface area contributed by atoms with E-state index in [2.05, 4.69) is 40.1 Å². The first-order valence-electron chi connectivity index (χ1n) is 10.3. The minimum atomic E-state index is 0.149. The maximum Gasteiger partial charge on any atom is 0.236 e. The number of benzene rings is 2. The highest BCUT2D eigenvalue weighted by Crippen LogP contribution is 2.31. The van der Waals surface area contributed by atoms with Crippen molar-refractivity contribution in [1.82, 2.24) is 14.7 Å². The summed E-state index contributed by atoms with van der Waals surface area (Å²) in [5, 5.41) is 0. The van der Waals surface area contributed by atoms with Crippen molar-refractivity contribution in [2.24, 2.45) is 0 Å². The Hall–Kier alpha value is -2.57. The lowest BCUT2D eigenvalue weighted by Gasteiger charge is -2.35. The Morgan fingerprint density at radius 2 is 1.59 bits per heavy atom. The van der Waals surface area contributed by atoms with Gasteiger partial charge in [-0.2, -0.15) is 0 Å². The van der Waals surface area contributed by atoms with Gasteiger partial charge in [-0.1, -0.05) is 36.4 Å². The molecule has 0 spiro atoms. The summed E-state index contributed by atoms with van der Waals surface area (Å²) < 4.78 is 11.2. The molecule has 29 heavy (non-hydrogen) atoms. The van der Waals surface area contributed by atoms with E-state index in [-0.39, 0.29) is 5.91 Å². The minimum absolute atomic E-state index is 0.149. The zero-order valence-corrected chi connectivity index (χ0v) is 17.0. The van der Waals surface area contributed by atoms with Crippen LogP contribution in [0.1, 0.15) is 11.1 Å². The summed E-state index contributed by atoms with van der Waals surface area (Å²) in [6.07, 6.45) is 0. The topological polar surface area (TPSA) is 45.3 Å². The number of likely N-dealkylation sites (N-methyl/N-ethyl adjacent to an activating group) is 1. The van der Waals surface area contributed by atoms with Gasteiger partial charge in [-0.25, -0.2) is 0 Å². The van der Waals surface area contributed by atoms with E-state index >= 15 is 0 Å². The molecule has 1 amide bonds. The fraction of sp³-hybridized carbons (Fsp3) is 0.435. The first-order chi connectivity index (χ1) is 14.2. The Labute approximate surface area is 172 Å². The van der Waals surface area contributed by atoms with E-state index in [1.54, 1.807) is 4.90 Å². The van der Waals surface area contributed by atoms with Crippen molar-refractivity contribution >= 4 is 5.91 Å². The van der Waals surface area contributed by atoms with Crippen LogP contribution in [0.25, 0.3) is 0 Å². The van der Waals surface area contributed by atoms with Crippen LogP contribution in [-0.2, 0) is 17.9 Å². The summed E-state index contributed by atoms with van der Waals surface area (Å²) in [4.78, 5) is 19.2. The second-order valence-corrected chi connectivity index (χ2v) is 7.77. The first kappa shape index (κ1) is 19.7. The van der Waals surface area contributed by atoms with Gasteiger partial charge < -0.3 is 14.4 Å². The average molecular weight is 396 g/mol. The van der Waals surface area contributed by atoms with Crippen molar-refractivity contribution in [2.75, 3.05) is 53.0 Å². The molecule has 1 fully saturated rings. The normalized spacial score (nSPS) is 17.1. The zero-order valence-electron chi connectivity index (χ0n) is 17.0. The van der Waals surface area contributed by atoms with E-state index in [4.69, 9.17) is 9.47 Å². The maximum absolute atomic E-state index is 12.7. The van der Waals surface area contributed by atoms with E-state index in [9.17, 15) is 4.79 Å². The van der Waals surface area contributed by atoms with Crippen LogP contribution in [0, 0.1) is 0 Å². The van der Waals surface area contributed by atoms with E-state index < -0.39 is 0 Å². The molecule has 2 aliphatic rings. The van der Waals surface area contributed by atoms with Crippen molar-refractivity contribution in [2.45, 2.75) is 13.1 Å². The largest absolute Gasteiger partial charge is 0.486 e. The number of carbonyl (C=O) groups excluding carboxylic acids is 1. The smallest absolute Gasteiger partial charge is 0.236 e. The molecule has 1 saturated heterocycles. The van der Waals surface area contributed by atoms with Crippen LogP contribution in [-0.4, -0.2) is 73.6 Å². The predicted octanol–water partition coefficient (Wildman–Crippen LogP) is 2.23. The van der Waals surface area contributed by atoms with Crippen LogP contribution in [0.2, 0.25) is 0 Å². The lowest BCUT2D eigenvalue weighted by Crippen LogP contribution is -2.49. The minimum Gasteiger partial charge on any atom is -0.486 e. The summed E-state index contributed by atoms with van der Waals surface area (Å²) in [5.74, 6) is 1.70. The Morgan fingerprint density at radius 1 is 0.897 bits per heavy atom. The summed E-state index contributed by atoms with van der Waals surface area (Å²) in [5.41, 5.74) is 2.40. The molecule has 0 aliphatic carbocycles. The standard InChI is InChI=1S/C23H29N3O3/c1-24(16-20-7-8-21-22(15-20)29-14-13-28-21)23(27)18-26-11-9-25(10-12-26)17-19-5-3-2-4-6-19/h2-8,15H,9-14,16-18H2,1H3. The van der Waals surface area contributed by atoms with E-state index in [1.165, 1.54) is 5.56 Å². The third-order valence-corrected chi connectivity index (χ3v) is 5.52. The van der Waals surface area contributed by atoms with Crippen LogP contribution in [0.15, 0.2) is 48.5 Å². The molecule has 154 valence electrons. The summed E-state index contributed by atoms with van der Waals surface area (Å²) >= 11 is 0. The molecule has 0 saturated carbocycles. The lowest BCUT2D eigenvalue weighted by molar-refractivity contribution is -0.132. The van der Waals surface area contributed by atoms with Gasteiger partial charge in [-0.3, -0.25) is 14.6 Å².